The van der Waals surface area contributed by atoms with E-state index in [4.69, 9.17) is 5.73 Å². The maximum atomic E-state index is 12.4. The molecule has 2 aromatic rings. The van der Waals surface area contributed by atoms with Crippen LogP contribution in [-0.4, -0.2) is 19.6 Å². The largest absolute Gasteiger partial charge is 0.399 e. The molecule has 21 heavy (non-hydrogen) atoms. The molecule has 1 aliphatic carbocycles. The quantitative estimate of drug-likeness (QED) is 0.743. The van der Waals surface area contributed by atoms with E-state index in [1.807, 2.05) is 24.3 Å². The SMILES string of the molecule is Nc1ccc(S(=O)(=O)N[C@H]2c3ccccc3C[C@H]2O)cc1. The number of anilines is 1. The summed E-state index contributed by atoms with van der Waals surface area (Å²) in [5.74, 6) is 0. The number of fused-ring (bicyclic) bond motifs is 1. The van der Waals surface area contributed by atoms with Crippen LogP contribution in [0, 0.1) is 0 Å². The van der Waals surface area contributed by atoms with Crippen LogP contribution in [0.4, 0.5) is 5.69 Å². The van der Waals surface area contributed by atoms with Gasteiger partial charge in [0.1, 0.15) is 0 Å². The molecule has 0 amide bonds. The highest BCUT2D eigenvalue weighted by Gasteiger charge is 2.34. The van der Waals surface area contributed by atoms with Gasteiger partial charge < -0.3 is 10.8 Å². The molecular formula is C15H16N2O3S. The van der Waals surface area contributed by atoms with E-state index in [-0.39, 0.29) is 4.90 Å². The molecule has 0 spiro atoms. The lowest BCUT2D eigenvalue weighted by Gasteiger charge is -2.18. The second-order valence-electron chi connectivity index (χ2n) is 5.14. The Morgan fingerprint density at radius 2 is 1.76 bits per heavy atom. The van der Waals surface area contributed by atoms with Gasteiger partial charge in [-0.2, -0.15) is 0 Å². The average molecular weight is 304 g/mol. The zero-order valence-electron chi connectivity index (χ0n) is 11.2. The summed E-state index contributed by atoms with van der Waals surface area (Å²) in [6, 6.07) is 12.8. The summed E-state index contributed by atoms with van der Waals surface area (Å²) in [6.45, 7) is 0. The molecule has 3 rings (SSSR count). The fraction of sp³-hybridized carbons (Fsp3) is 0.200. The molecule has 4 N–H and O–H groups in total. The summed E-state index contributed by atoms with van der Waals surface area (Å²) in [4.78, 5) is 0.133. The standard InChI is InChI=1S/C15H16N2O3S/c16-11-5-7-12(8-6-11)21(19,20)17-15-13-4-2-1-3-10(13)9-14(15)18/h1-8,14-15,17-18H,9,16H2/t14-,15+/m1/s1. The minimum Gasteiger partial charge on any atom is -0.399 e. The number of benzene rings is 2. The van der Waals surface area contributed by atoms with Crippen molar-refractivity contribution in [2.45, 2.75) is 23.5 Å². The Bertz CT molecular complexity index is 757. The zero-order valence-corrected chi connectivity index (χ0v) is 12.0. The lowest BCUT2D eigenvalue weighted by molar-refractivity contribution is 0.151. The van der Waals surface area contributed by atoms with Crippen LogP contribution < -0.4 is 10.5 Å². The topological polar surface area (TPSA) is 92.4 Å². The smallest absolute Gasteiger partial charge is 0.241 e. The van der Waals surface area contributed by atoms with E-state index in [1.54, 1.807) is 0 Å². The third-order valence-corrected chi connectivity index (χ3v) is 5.13. The van der Waals surface area contributed by atoms with E-state index in [1.165, 1.54) is 24.3 Å². The molecule has 0 aromatic heterocycles. The lowest BCUT2D eigenvalue weighted by atomic mass is 10.1. The summed E-state index contributed by atoms with van der Waals surface area (Å²) in [5, 5.41) is 10.1. The first-order chi connectivity index (χ1) is 9.97. The molecule has 2 aromatic carbocycles. The fourth-order valence-corrected chi connectivity index (χ4v) is 3.85. The van der Waals surface area contributed by atoms with E-state index >= 15 is 0 Å². The predicted molar refractivity (Wildman–Crippen MR) is 80.1 cm³/mol. The second-order valence-corrected chi connectivity index (χ2v) is 6.85. The minimum atomic E-state index is -3.70. The highest BCUT2D eigenvalue weighted by atomic mass is 32.2. The number of sulfonamides is 1. The normalized spacial score (nSPS) is 21.2. The number of nitrogens with two attached hydrogens (primary N) is 1. The van der Waals surface area contributed by atoms with Crippen molar-refractivity contribution in [2.24, 2.45) is 0 Å². The number of aliphatic hydroxyl groups excluding tert-OH is 1. The molecule has 2 atom stereocenters. The number of aliphatic hydroxyl groups is 1. The van der Waals surface area contributed by atoms with Crippen LogP contribution in [0.25, 0.3) is 0 Å². The fourth-order valence-electron chi connectivity index (χ4n) is 2.60. The van der Waals surface area contributed by atoms with E-state index < -0.39 is 22.2 Å². The van der Waals surface area contributed by atoms with Gasteiger partial charge in [-0.25, -0.2) is 13.1 Å². The third-order valence-electron chi connectivity index (χ3n) is 3.68. The lowest BCUT2D eigenvalue weighted by Crippen LogP contribution is -2.33. The van der Waals surface area contributed by atoms with E-state index in [0.29, 0.717) is 12.1 Å². The first-order valence-electron chi connectivity index (χ1n) is 6.61. The van der Waals surface area contributed by atoms with Gasteiger partial charge in [0.25, 0.3) is 0 Å². The predicted octanol–water partition coefficient (Wildman–Crippen LogP) is 1.21. The molecule has 5 nitrogen and oxygen atoms in total. The highest BCUT2D eigenvalue weighted by Crippen LogP contribution is 2.32. The Labute approximate surface area is 123 Å². The van der Waals surface area contributed by atoms with Gasteiger partial charge in [-0.3, -0.25) is 0 Å². The summed E-state index contributed by atoms with van der Waals surface area (Å²) in [5.41, 5.74) is 7.85. The van der Waals surface area contributed by atoms with Gasteiger partial charge in [0.05, 0.1) is 17.0 Å². The maximum Gasteiger partial charge on any atom is 0.241 e. The molecule has 0 fully saturated rings. The van der Waals surface area contributed by atoms with Gasteiger partial charge in [-0.1, -0.05) is 24.3 Å². The highest BCUT2D eigenvalue weighted by molar-refractivity contribution is 7.89. The molecule has 0 radical (unpaired) electrons. The Kier molecular flexibility index (Phi) is 3.44. The molecule has 0 heterocycles. The van der Waals surface area contributed by atoms with Crippen LogP contribution in [0.2, 0.25) is 0 Å². The average Bonchev–Trinajstić information content (AvgIpc) is 2.75. The van der Waals surface area contributed by atoms with E-state index in [0.717, 1.165) is 11.1 Å². The van der Waals surface area contributed by atoms with Crippen molar-refractivity contribution in [1.29, 1.82) is 0 Å². The molecule has 0 saturated heterocycles. The van der Waals surface area contributed by atoms with Gasteiger partial charge >= 0.3 is 0 Å². The van der Waals surface area contributed by atoms with E-state index in [2.05, 4.69) is 4.72 Å². The van der Waals surface area contributed by atoms with Crippen molar-refractivity contribution < 1.29 is 13.5 Å². The van der Waals surface area contributed by atoms with Crippen molar-refractivity contribution in [3.8, 4) is 0 Å². The van der Waals surface area contributed by atoms with Crippen LogP contribution in [0.1, 0.15) is 17.2 Å². The number of rotatable bonds is 3. The van der Waals surface area contributed by atoms with Crippen LogP contribution in [0.15, 0.2) is 53.4 Å². The zero-order chi connectivity index (χ0) is 15.0. The van der Waals surface area contributed by atoms with Crippen molar-refractivity contribution in [2.75, 3.05) is 5.73 Å². The first kappa shape index (κ1) is 14.1. The molecule has 0 unspecified atom stereocenters. The first-order valence-corrected chi connectivity index (χ1v) is 8.09. The molecule has 0 aliphatic heterocycles. The Balaban J connectivity index is 1.91. The molecule has 1 aliphatic rings. The van der Waals surface area contributed by atoms with Gasteiger partial charge in [0.2, 0.25) is 10.0 Å². The number of nitrogen functional groups attached to an aromatic ring is 1. The van der Waals surface area contributed by atoms with Gasteiger partial charge in [-0.05, 0) is 35.4 Å². The molecular weight excluding hydrogens is 288 g/mol. The summed E-state index contributed by atoms with van der Waals surface area (Å²) >= 11 is 0. The number of hydrogen-bond acceptors (Lipinski definition) is 4. The van der Waals surface area contributed by atoms with Crippen molar-refractivity contribution >= 4 is 15.7 Å². The molecule has 6 heteroatoms. The van der Waals surface area contributed by atoms with Crippen molar-refractivity contribution in [3.63, 3.8) is 0 Å². The van der Waals surface area contributed by atoms with E-state index in [9.17, 15) is 13.5 Å². The van der Waals surface area contributed by atoms with Crippen LogP contribution >= 0.6 is 0 Å². The van der Waals surface area contributed by atoms with Gasteiger partial charge in [0.15, 0.2) is 0 Å². The minimum absolute atomic E-state index is 0.133. The maximum absolute atomic E-state index is 12.4. The molecule has 110 valence electrons. The Morgan fingerprint density at radius 3 is 2.48 bits per heavy atom. The second kappa shape index (κ2) is 5.14. The van der Waals surface area contributed by atoms with Crippen LogP contribution in [0.3, 0.4) is 0 Å². The Hall–Kier alpha value is -1.89. The Morgan fingerprint density at radius 1 is 1.10 bits per heavy atom. The van der Waals surface area contributed by atoms with Crippen LogP contribution in [-0.2, 0) is 16.4 Å². The number of hydrogen-bond donors (Lipinski definition) is 3. The number of nitrogens with one attached hydrogen (secondary N) is 1. The van der Waals surface area contributed by atoms with Gasteiger partial charge in [0, 0.05) is 12.1 Å². The molecule has 0 bridgehead atoms. The third kappa shape index (κ3) is 2.65. The van der Waals surface area contributed by atoms with Crippen molar-refractivity contribution in [3.05, 3.63) is 59.7 Å². The summed E-state index contributed by atoms with van der Waals surface area (Å²) in [6.07, 6.45) is -0.309. The van der Waals surface area contributed by atoms with Crippen LogP contribution in [0.5, 0.6) is 0 Å². The monoisotopic (exact) mass is 304 g/mol. The molecule has 0 saturated carbocycles. The van der Waals surface area contributed by atoms with Gasteiger partial charge in [-0.15, -0.1) is 0 Å². The van der Waals surface area contributed by atoms with Crippen molar-refractivity contribution in [1.82, 2.24) is 4.72 Å². The summed E-state index contributed by atoms with van der Waals surface area (Å²) < 4.78 is 27.4. The summed E-state index contributed by atoms with van der Waals surface area (Å²) in [7, 11) is -3.70.